The highest BCUT2D eigenvalue weighted by atomic mass is 16.4. The van der Waals surface area contributed by atoms with Gasteiger partial charge in [0.15, 0.2) is 0 Å². The minimum atomic E-state index is -0.865. The molecule has 1 aromatic carbocycles. The smallest absolute Gasteiger partial charge is 0.335 e. The molecule has 1 aliphatic heterocycles. The van der Waals surface area contributed by atoms with Gasteiger partial charge >= 0.3 is 5.97 Å². The lowest BCUT2D eigenvalue weighted by atomic mass is 9.89. The molecule has 0 aliphatic carbocycles. The molecule has 122 valence electrons. The molecule has 1 saturated heterocycles. The van der Waals surface area contributed by atoms with E-state index < -0.39 is 5.97 Å². The van der Waals surface area contributed by atoms with Crippen LogP contribution in [0.25, 0.3) is 0 Å². The number of carboxylic acids is 1. The van der Waals surface area contributed by atoms with Crippen molar-refractivity contribution in [1.82, 2.24) is 19.7 Å². The van der Waals surface area contributed by atoms with Gasteiger partial charge in [0.05, 0.1) is 12.1 Å². The van der Waals surface area contributed by atoms with E-state index in [1.54, 1.807) is 12.4 Å². The molecule has 1 N–H and O–H groups in total. The van der Waals surface area contributed by atoms with Crippen molar-refractivity contribution in [1.29, 1.82) is 0 Å². The topological polar surface area (TPSA) is 71.2 Å². The zero-order valence-electron chi connectivity index (χ0n) is 13.4. The van der Waals surface area contributed by atoms with Crippen LogP contribution < -0.4 is 0 Å². The molecule has 1 unspecified atom stereocenters. The first-order valence-corrected chi connectivity index (χ1v) is 8.09. The maximum atomic E-state index is 11.2. The summed E-state index contributed by atoms with van der Waals surface area (Å²) in [6.45, 7) is 5.73. The normalized spacial score (nSPS) is 18.9. The van der Waals surface area contributed by atoms with E-state index in [1.165, 1.54) is 0 Å². The Bertz CT molecular complexity index is 683. The molecule has 0 bridgehead atoms. The molecule has 0 saturated carbocycles. The lowest BCUT2D eigenvalue weighted by molar-refractivity contribution is 0.0696. The molecule has 0 spiro atoms. The summed E-state index contributed by atoms with van der Waals surface area (Å²) in [5.41, 5.74) is 1.48. The van der Waals surface area contributed by atoms with Gasteiger partial charge in [-0.25, -0.2) is 4.79 Å². The van der Waals surface area contributed by atoms with Crippen LogP contribution in [-0.4, -0.2) is 43.8 Å². The SMILES string of the molecule is CCn1cnnc1CN1CCCC(c2cccc(C(=O)O)c2)C1. The molecule has 23 heavy (non-hydrogen) atoms. The second kappa shape index (κ2) is 6.91. The van der Waals surface area contributed by atoms with Crippen LogP contribution in [0.5, 0.6) is 0 Å². The standard InChI is InChI=1S/C17H22N4O2/c1-2-21-12-18-19-16(21)11-20-8-4-7-15(10-20)13-5-3-6-14(9-13)17(22)23/h3,5-6,9,12,15H,2,4,7-8,10-11H2,1H3,(H,22,23). The Balaban J connectivity index is 1.71. The van der Waals surface area contributed by atoms with Crippen LogP contribution in [0, 0.1) is 0 Å². The van der Waals surface area contributed by atoms with Gasteiger partial charge in [0, 0.05) is 13.1 Å². The van der Waals surface area contributed by atoms with Crippen molar-refractivity contribution in [3.05, 3.63) is 47.5 Å². The first-order chi connectivity index (χ1) is 11.2. The van der Waals surface area contributed by atoms with E-state index >= 15 is 0 Å². The van der Waals surface area contributed by atoms with E-state index in [2.05, 4.69) is 26.6 Å². The fourth-order valence-corrected chi connectivity index (χ4v) is 3.26. The number of aromatic nitrogens is 3. The molecule has 0 radical (unpaired) electrons. The van der Waals surface area contributed by atoms with Crippen LogP contribution in [0.2, 0.25) is 0 Å². The molecule has 1 aromatic heterocycles. The third-order valence-corrected chi connectivity index (χ3v) is 4.51. The van der Waals surface area contributed by atoms with Crippen LogP contribution in [0.15, 0.2) is 30.6 Å². The Kier molecular flexibility index (Phi) is 4.71. The van der Waals surface area contributed by atoms with E-state index in [0.29, 0.717) is 11.5 Å². The van der Waals surface area contributed by atoms with Crippen molar-refractivity contribution in [2.75, 3.05) is 13.1 Å². The largest absolute Gasteiger partial charge is 0.478 e. The van der Waals surface area contributed by atoms with Gasteiger partial charge in [-0.05, 0) is 49.9 Å². The number of nitrogens with zero attached hydrogens (tertiary/aromatic N) is 4. The number of likely N-dealkylation sites (tertiary alicyclic amines) is 1. The van der Waals surface area contributed by atoms with Crippen LogP contribution in [0.4, 0.5) is 0 Å². The van der Waals surface area contributed by atoms with Crippen molar-refractivity contribution in [3.63, 3.8) is 0 Å². The number of benzene rings is 1. The summed E-state index contributed by atoms with van der Waals surface area (Å²) < 4.78 is 2.06. The minimum absolute atomic E-state index is 0.366. The fraction of sp³-hybridized carbons (Fsp3) is 0.471. The van der Waals surface area contributed by atoms with E-state index in [-0.39, 0.29) is 0 Å². The number of aromatic carboxylic acids is 1. The predicted octanol–water partition coefficient (Wildman–Crippen LogP) is 2.38. The Morgan fingerprint density at radius 3 is 3.09 bits per heavy atom. The summed E-state index contributed by atoms with van der Waals surface area (Å²) in [7, 11) is 0. The zero-order chi connectivity index (χ0) is 16.2. The first kappa shape index (κ1) is 15.7. The molecule has 3 rings (SSSR count). The van der Waals surface area contributed by atoms with Crippen molar-refractivity contribution in [2.45, 2.75) is 38.8 Å². The number of hydrogen-bond acceptors (Lipinski definition) is 4. The van der Waals surface area contributed by atoms with Gasteiger partial charge < -0.3 is 9.67 Å². The summed E-state index contributed by atoms with van der Waals surface area (Å²) in [6.07, 6.45) is 3.98. The van der Waals surface area contributed by atoms with Crippen molar-refractivity contribution in [3.8, 4) is 0 Å². The first-order valence-electron chi connectivity index (χ1n) is 8.09. The maximum absolute atomic E-state index is 11.2. The lowest BCUT2D eigenvalue weighted by Crippen LogP contribution is -2.34. The minimum Gasteiger partial charge on any atom is -0.478 e. The Morgan fingerprint density at radius 1 is 1.43 bits per heavy atom. The van der Waals surface area contributed by atoms with Gasteiger partial charge in [-0.1, -0.05) is 12.1 Å². The van der Waals surface area contributed by atoms with E-state index in [1.807, 2.05) is 18.2 Å². The molecule has 1 atom stereocenters. The molecule has 6 heteroatoms. The summed E-state index contributed by atoms with van der Waals surface area (Å²) in [5, 5.41) is 17.4. The number of carbonyl (C=O) groups is 1. The zero-order valence-corrected chi connectivity index (χ0v) is 13.4. The Labute approximate surface area is 135 Å². The molecule has 0 amide bonds. The van der Waals surface area contributed by atoms with Gasteiger partial charge in [-0.2, -0.15) is 0 Å². The summed E-state index contributed by atoms with van der Waals surface area (Å²) in [4.78, 5) is 13.5. The molecular formula is C17H22N4O2. The molecule has 6 nitrogen and oxygen atoms in total. The average Bonchev–Trinajstić information content (AvgIpc) is 3.02. The van der Waals surface area contributed by atoms with Gasteiger partial charge in [0.1, 0.15) is 12.2 Å². The number of piperidine rings is 1. The molecule has 1 aliphatic rings. The third kappa shape index (κ3) is 3.59. The quantitative estimate of drug-likeness (QED) is 0.917. The highest BCUT2D eigenvalue weighted by Gasteiger charge is 2.23. The number of hydrogen-bond donors (Lipinski definition) is 1. The van der Waals surface area contributed by atoms with Crippen LogP contribution in [-0.2, 0) is 13.1 Å². The Morgan fingerprint density at radius 2 is 2.30 bits per heavy atom. The third-order valence-electron chi connectivity index (χ3n) is 4.51. The highest BCUT2D eigenvalue weighted by Crippen LogP contribution is 2.28. The fourth-order valence-electron chi connectivity index (χ4n) is 3.26. The summed E-state index contributed by atoms with van der Waals surface area (Å²) >= 11 is 0. The summed E-state index contributed by atoms with van der Waals surface area (Å²) in [6, 6.07) is 7.34. The number of rotatable bonds is 5. The van der Waals surface area contributed by atoms with Crippen LogP contribution in [0.3, 0.4) is 0 Å². The highest BCUT2D eigenvalue weighted by molar-refractivity contribution is 5.87. The van der Waals surface area contributed by atoms with Gasteiger partial charge in [-0.15, -0.1) is 10.2 Å². The molecule has 2 aromatic rings. The second-order valence-electron chi connectivity index (χ2n) is 6.04. The van der Waals surface area contributed by atoms with Crippen LogP contribution in [0.1, 0.15) is 47.4 Å². The van der Waals surface area contributed by atoms with Gasteiger partial charge in [0.2, 0.25) is 0 Å². The second-order valence-corrected chi connectivity index (χ2v) is 6.04. The van der Waals surface area contributed by atoms with E-state index in [0.717, 1.165) is 50.4 Å². The van der Waals surface area contributed by atoms with Crippen molar-refractivity contribution < 1.29 is 9.90 Å². The molecule has 2 heterocycles. The van der Waals surface area contributed by atoms with Gasteiger partial charge in [0.25, 0.3) is 0 Å². The van der Waals surface area contributed by atoms with E-state index in [4.69, 9.17) is 5.11 Å². The lowest BCUT2D eigenvalue weighted by Gasteiger charge is -2.32. The molecular weight excluding hydrogens is 292 g/mol. The van der Waals surface area contributed by atoms with Crippen molar-refractivity contribution >= 4 is 5.97 Å². The average molecular weight is 314 g/mol. The molecule has 1 fully saturated rings. The predicted molar refractivity (Wildman–Crippen MR) is 86.3 cm³/mol. The van der Waals surface area contributed by atoms with Gasteiger partial charge in [-0.3, -0.25) is 4.90 Å². The Hall–Kier alpha value is -2.21. The van der Waals surface area contributed by atoms with E-state index in [9.17, 15) is 4.79 Å². The van der Waals surface area contributed by atoms with Crippen molar-refractivity contribution in [2.24, 2.45) is 0 Å². The monoisotopic (exact) mass is 314 g/mol. The number of carboxylic acid groups (broad SMARTS) is 1. The summed E-state index contributed by atoms with van der Waals surface area (Å²) in [5.74, 6) is 0.504. The maximum Gasteiger partial charge on any atom is 0.335 e. The van der Waals surface area contributed by atoms with Crippen LogP contribution >= 0.6 is 0 Å². The number of aryl methyl sites for hydroxylation is 1.